The van der Waals surface area contributed by atoms with Gasteiger partial charge < -0.3 is 19.7 Å². The number of rotatable bonds is 4. The Balaban J connectivity index is 0. The molecule has 0 saturated carbocycles. The first kappa shape index (κ1) is 27.3. The van der Waals surface area contributed by atoms with Crippen molar-refractivity contribution in [1.29, 1.82) is 0 Å². The molecule has 5 nitrogen and oxygen atoms in total. The number of ether oxygens (including phenoxy) is 1. The molecule has 0 saturated heterocycles. The zero-order chi connectivity index (χ0) is 16.5. The van der Waals surface area contributed by atoms with E-state index in [1.807, 2.05) is 30.3 Å². The van der Waals surface area contributed by atoms with Crippen LogP contribution in [0.5, 0.6) is 5.75 Å². The van der Waals surface area contributed by atoms with Crippen molar-refractivity contribution in [2.75, 3.05) is 0 Å². The van der Waals surface area contributed by atoms with E-state index in [4.69, 9.17) is 42.9 Å². The second-order valence-corrected chi connectivity index (χ2v) is 4.79. The van der Waals surface area contributed by atoms with Crippen LogP contribution in [0.3, 0.4) is 0 Å². The first-order chi connectivity index (χ1) is 10.4. The van der Waals surface area contributed by atoms with Crippen LogP contribution in [-0.2, 0) is 6.61 Å². The van der Waals surface area contributed by atoms with Crippen LogP contribution in [0.25, 0.3) is 0 Å². The average molecular weight is 419 g/mol. The molecule has 9 heteroatoms. The summed E-state index contributed by atoms with van der Waals surface area (Å²) in [4.78, 5) is 19.3. The third-order valence-electron chi connectivity index (χ3n) is 2.41. The Labute approximate surface area is 234 Å². The summed E-state index contributed by atoms with van der Waals surface area (Å²) in [6.07, 6.45) is -1.67. The van der Waals surface area contributed by atoms with Crippen molar-refractivity contribution in [3.8, 4) is 5.75 Å². The number of aldehydes is 1. The maximum Gasteiger partial charge on any atom is 1.00 e. The second-order valence-electron chi connectivity index (χ2n) is 3.94. The van der Waals surface area contributed by atoms with Crippen molar-refractivity contribution in [2.24, 2.45) is 0 Å². The molecule has 0 aliphatic rings. The summed E-state index contributed by atoms with van der Waals surface area (Å²) in [6.45, 7) is 0.359. The molecule has 0 bridgehead atoms. The second kappa shape index (κ2) is 15.1. The molecule has 0 aliphatic heterocycles. The van der Waals surface area contributed by atoms with Crippen LogP contribution in [-0.4, -0.2) is 12.4 Å². The fourth-order valence-electron chi connectivity index (χ4n) is 1.53. The monoisotopic (exact) mass is 418 g/mol. The first-order valence-electron chi connectivity index (χ1n) is 5.93. The van der Waals surface area contributed by atoms with E-state index in [1.54, 1.807) is 6.07 Å². The van der Waals surface area contributed by atoms with Crippen molar-refractivity contribution in [3.05, 3.63) is 63.6 Å². The Morgan fingerprint density at radius 3 is 2.12 bits per heavy atom. The summed E-state index contributed by atoms with van der Waals surface area (Å²) in [5.74, 6) is 0.395. The summed E-state index contributed by atoms with van der Waals surface area (Å²) < 4.78 is 5.58. The Bertz CT molecular complexity index is 650. The van der Waals surface area contributed by atoms with Crippen LogP contribution in [0.4, 0.5) is 4.79 Å². The van der Waals surface area contributed by atoms with Crippen molar-refractivity contribution >= 4 is 35.6 Å². The van der Waals surface area contributed by atoms with Crippen molar-refractivity contribution in [2.45, 2.75) is 6.61 Å². The van der Waals surface area contributed by atoms with Gasteiger partial charge in [0, 0.05) is 5.02 Å². The van der Waals surface area contributed by atoms with E-state index in [0.717, 1.165) is 5.56 Å². The van der Waals surface area contributed by atoms with Crippen molar-refractivity contribution < 1.29 is 127 Å². The SMILES string of the molecule is O=C([O-])[O-].O=Cc1c(Cl)cc(Cl)cc1OCc1ccccc1.[K+].[K+]. The van der Waals surface area contributed by atoms with Crippen molar-refractivity contribution in [1.82, 2.24) is 0 Å². The molecule has 0 N–H and O–H groups in total. The van der Waals surface area contributed by atoms with E-state index < -0.39 is 6.16 Å². The van der Waals surface area contributed by atoms with Gasteiger partial charge in [-0.2, -0.15) is 0 Å². The molecule has 2 aromatic rings. The summed E-state index contributed by atoms with van der Waals surface area (Å²) in [5, 5.41) is 17.4. The molecule has 0 atom stereocenters. The van der Waals surface area contributed by atoms with Crippen LogP contribution in [0, 0.1) is 0 Å². The molecule has 0 amide bonds. The van der Waals surface area contributed by atoms with Gasteiger partial charge in [0.2, 0.25) is 0 Å². The Morgan fingerprint density at radius 1 is 1.08 bits per heavy atom. The molecule has 2 aromatic carbocycles. The third-order valence-corrected chi connectivity index (χ3v) is 2.94. The molecule has 0 unspecified atom stereocenters. The zero-order valence-electron chi connectivity index (χ0n) is 13.1. The summed E-state index contributed by atoms with van der Waals surface area (Å²) in [5.41, 5.74) is 1.32. The quantitative estimate of drug-likeness (QED) is 0.372. The first-order valence-corrected chi connectivity index (χ1v) is 6.68. The predicted octanol–water partition coefficient (Wildman–Crippen LogP) is -4.05. The van der Waals surface area contributed by atoms with Gasteiger partial charge in [0.25, 0.3) is 0 Å². The number of carboxylic acid groups (broad SMARTS) is 2. The minimum Gasteiger partial charge on any atom is -0.652 e. The van der Waals surface area contributed by atoms with E-state index in [1.165, 1.54) is 6.07 Å². The summed E-state index contributed by atoms with van der Waals surface area (Å²) in [6, 6.07) is 12.7. The molecule has 0 fully saturated rings. The van der Waals surface area contributed by atoms with Gasteiger partial charge in [-0.3, -0.25) is 4.79 Å². The largest absolute Gasteiger partial charge is 1.00 e. The van der Waals surface area contributed by atoms with Gasteiger partial charge in [0.05, 0.1) is 10.6 Å². The standard InChI is InChI=1S/C14H10Cl2O2.CH2O3.2K/c15-11-6-13(16)12(8-17)14(7-11)18-9-10-4-2-1-3-5-10;2-1(3)4;;/h1-8H,9H2;(H2,2,3,4);;/q;;2*+1/p-2. The Hall–Kier alpha value is 1.03. The van der Waals surface area contributed by atoms with Crippen molar-refractivity contribution in [3.63, 3.8) is 0 Å². The predicted molar refractivity (Wildman–Crippen MR) is 78.0 cm³/mol. The molecule has 0 heterocycles. The Kier molecular flexibility index (Phi) is 17.2. The smallest absolute Gasteiger partial charge is 0.652 e. The number of halogens is 2. The van der Waals surface area contributed by atoms with Crippen LogP contribution in [0.15, 0.2) is 42.5 Å². The van der Waals surface area contributed by atoms with Crippen LogP contribution in [0.1, 0.15) is 15.9 Å². The number of carbonyl (C=O) groups excluding carboxylic acids is 2. The minimum absolute atomic E-state index is 0. The average Bonchev–Trinajstić information content (AvgIpc) is 2.45. The molecule has 0 aromatic heterocycles. The van der Waals surface area contributed by atoms with E-state index in [2.05, 4.69) is 0 Å². The number of hydrogen-bond donors (Lipinski definition) is 0. The van der Waals surface area contributed by atoms with Gasteiger partial charge in [0.1, 0.15) is 12.4 Å². The number of hydrogen-bond acceptors (Lipinski definition) is 5. The van der Waals surface area contributed by atoms with Gasteiger partial charge in [0.15, 0.2) is 6.29 Å². The maximum absolute atomic E-state index is 11.0. The van der Waals surface area contributed by atoms with E-state index in [9.17, 15) is 4.79 Å². The maximum atomic E-state index is 11.0. The topological polar surface area (TPSA) is 89.5 Å². The van der Waals surface area contributed by atoms with Gasteiger partial charge in [-0.25, -0.2) is 0 Å². The molecule has 0 aliphatic carbocycles. The fourth-order valence-corrected chi connectivity index (χ4v) is 2.05. The minimum atomic E-state index is -2.33. The Morgan fingerprint density at radius 2 is 1.62 bits per heavy atom. The molecule has 2 rings (SSSR count). The van der Waals surface area contributed by atoms with Crippen LogP contribution >= 0.6 is 23.2 Å². The van der Waals surface area contributed by atoms with Gasteiger partial charge >= 0.3 is 103 Å². The number of carbonyl (C=O) groups is 2. The van der Waals surface area contributed by atoms with E-state index in [-0.39, 0.29) is 103 Å². The van der Waals surface area contributed by atoms with Crippen LogP contribution < -0.4 is 118 Å². The molecular weight excluding hydrogens is 409 g/mol. The zero-order valence-corrected chi connectivity index (χ0v) is 20.9. The number of benzene rings is 2. The molecule has 116 valence electrons. The molecular formula is C15H10Cl2K2O5. The third kappa shape index (κ3) is 10.9. The summed E-state index contributed by atoms with van der Waals surface area (Å²) in [7, 11) is 0. The summed E-state index contributed by atoms with van der Waals surface area (Å²) >= 11 is 11.8. The molecule has 0 radical (unpaired) electrons. The van der Waals surface area contributed by atoms with Gasteiger partial charge in [-0.1, -0.05) is 53.5 Å². The van der Waals surface area contributed by atoms with Crippen LogP contribution in [0.2, 0.25) is 10.0 Å². The fraction of sp³-hybridized carbons (Fsp3) is 0.0667. The molecule has 0 spiro atoms. The van der Waals surface area contributed by atoms with E-state index >= 15 is 0 Å². The molecule has 24 heavy (non-hydrogen) atoms. The van der Waals surface area contributed by atoms with Gasteiger partial charge in [-0.15, -0.1) is 0 Å². The van der Waals surface area contributed by atoms with E-state index in [0.29, 0.717) is 34.3 Å². The van der Waals surface area contributed by atoms with Gasteiger partial charge in [-0.05, 0) is 23.9 Å². The normalized spacial score (nSPS) is 8.58.